The second kappa shape index (κ2) is 13.9. The molecule has 0 saturated heterocycles. The highest BCUT2D eigenvalue weighted by atomic mass is 15.1. The SMILES string of the molecule is C=C/C=C\c1c(C)c2ccccc2n1-c1c(C#N)c(-n2c3ccccc3c3ccccc32)c(-n2c3ccccc3c3ccccc32)c(C#N)c1-n1c2ccccc2c2ccccc21. The molecule has 0 aliphatic heterocycles. The summed E-state index contributed by atoms with van der Waals surface area (Å²) in [4.78, 5) is 0. The van der Waals surface area contributed by atoms with E-state index in [0.29, 0.717) is 33.9 Å². The number of rotatable bonds is 6. The summed E-state index contributed by atoms with van der Waals surface area (Å²) in [5.74, 6) is 0. The lowest BCUT2D eigenvalue weighted by atomic mass is 9.98. The lowest BCUT2D eigenvalue weighted by molar-refractivity contribution is 1.00. The Morgan fingerprint density at radius 1 is 0.381 bits per heavy atom. The van der Waals surface area contributed by atoms with Crippen LogP contribution < -0.4 is 0 Å². The Labute approximate surface area is 362 Å². The smallest absolute Gasteiger partial charge is 0.104 e. The predicted molar refractivity (Wildman–Crippen MR) is 260 cm³/mol. The third-order valence-corrected chi connectivity index (χ3v) is 12.8. The molecule has 63 heavy (non-hydrogen) atoms. The van der Waals surface area contributed by atoms with Gasteiger partial charge in [-0.15, -0.1) is 0 Å². The van der Waals surface area contributed by atoms with Crippen molar-refractivity contribution in [3.63, 3.8) is 0 Å². The number of hydrogen-bond donors (Lipinski definition) is 0. The molecule has 6 heteroatoms. The molecule has 12 aromatic rings. The Bertz CT molecular complexity index is 3870. The minimum atomic E-state index is 0.420. The molecule has 0 aliphatic carbocycles. The van der Waals surface area contributed by atoms with Gasteiger partial charge in [-0.2, -0.15) is 10.5 Å². The third kappa shape index (κ3) is 4.92. The largest absolute Gasteiger partial charge is 0.306 e. The first kappa shape index (κ1) is 36.0. The molecule has 12 rings (SSSR count). The molecule has 4 heterocycles. The fourth-order valence-electron chi connectivity index (χ4n) is 10.3. The molecular weight excluding hydrogens is 769 g/mol. The Morgan fingerprint density at radius 3 is 0.921 bits per heavy atom. The highest BCUT2D eigenvalue weighted by Crippen LogP contribution is 2.48. The van der Waals surface area contributed by atoms with Crippen LogP contribution in [0.4, 0.5) is 0 Å². The van der Waals surface area contributed by atoms with Gasteiger partial charge in [-0.1, -0.05) is 146 Å². The zero-order chi connectivity index (χ0) is 42.3. The van der Waals surface area contributed by atoms with E-state index < -0.39 is 0 Å². The zero-order valence-corrected chi connectivity index (χ0v) is 34.3. The van der Waals surface area contributed by atoms with Crippen LogP contribution in [0.1, 0.15) is 22.4 Å². The molecule has 0 spiro atoms. The van der Waals surface area contributed by atoms with E-state index in [0.717, 1.165) is 87.6 Å². The standard InChI is InChI=1S/C57H36N6/c1-3-4-26-46-36(2)37-19-5-12-27-47(37)60(46)54-44(34-58)56(62-50-30-15-8-22-40(50)41-23-9-16-31-51(41)62)57(63-52-32-17-10-24-42(52)43-25-11-18-33-53(43)63)45(35-59)55(54)61-48-28-13-6-20-38(48)39-21-7-14-29-49(39)61/h3-33H,1H2,2H3/b26-4-. The second-order valence-electron chi connectivity index (χ2n) is 15.9. The summed E-state index contributed by atoms with van der Waals surface area (Å²) >= 11 is 0. The van der Waals surface area contributed by atoms with Crippen LogP contribution in [0.3, 0.4) is 0 Å². The van der Waals surface area contributed by atoms with Gasteiger partial charge in [0.15, 0.2) is 0 Å². The minimum Gasteiger partial charge on any atom is -0.306 e. The number of hydrogen-bond acceptors (Lipinski definition) is 2. The van der Waals surface area contributed by atoms with Crippen LogP contribution in [0.15, 0.2) is 189 Å². The summed E-state index contributed by atoms with van der Waals surface area (Å²) in [6.45, 7) is 6.17. The van der Waals surface area contributed by atoms with Crippen LogP contribution in [0.25, 0.3) is 105 Å². The van der Waals surface area contributed by atoms with Crippen molar-refractivity contribution >= 4 is 82.4 Å². The van der Waals surface area contributed by atoms with Crippen molar-refractivity contribution < 1.29 is 0 Å². The normalized spacial score (nSPS) is 11.9. The topological polar surface area (TPSA) is 67.3 Å². The molecular formula is C57H36N6. The lowest BCUT2D eigenvalue weighted by Gasteiger charge is -2.27. The molecule has 294 valence electrons. The van der Waals surface area contributed by atoms with Crippen molar-refractivity contribution in [3.8, 4) is 34.9 Å². The predicted octanol–water partition coefficient (Wildman–Crippen LogP) is 14.2. The van der Waals surface area contributed by atoms with E-state index in [4.69, 9.17) is 0 Å². The van der Waals surface area contributed by atoms with E-state index in [9.17, 15) is 10.5 Å². The van der Waals surface area contributed by atoms with Crippen molar-refractivity contribution in [1.29, 1.82) is 10.5 Å². The zero-order valence-electron chi connectivity index (χ0n) is 34.3. The van der Waals surface area contributed by atoms with Crippen LogP contribution in [0, 0.1) is 29.6 Å². The number of allylic oxidation sites excluding steroid dienone is 2. The number of para-hydroxylation sites is 7. The molecule has 0 N–H and O–H groups in total. The van der Waals surface area contributed by atoms with Crippen LogP contribution in [-0.2, 0) is 0 Å². The number of aryl methyl sites for hydroxylation is 1. The molecule has 0 amide bonds. The van der Waals surface area contributed by atoms with Gasteiger partial charge in [-0.3, -0.25) is 0 Å². The Kier molecular flexibility index (Phi) is 7.93. The van der Waals surface area contributed by atoms with Crippen LogP contribution in [0.5, 0.6) is 0 Å². The van der Waals surface area contributed by atoms with E-state index in [2.05, 4.69) is 177 Å². The Hall–Kier alpha value is -8.84. The van der Waals surface area contributed by atoms with Gasteiger partial charge in [-0.25, -0.2) is 0 Å². The maximum Gasteiger partial charge on any atom is 0.104 e. The first-order valence-corrected chi connectivity index (χ1v) is 21.0. The first-order valence-electron chi connectivity index (χ1n) is 21.0. The van der Waals surface area contributed by atoms with Crippen molar-refractivity contribution in [3.05, 3.63) is 211 Å². The van der Waals surface area contributed by atoms with Gasteiger partial charge in [0.05, 0.1) is 61.4 Å². The van der Waals surface area contributed by atoms with E-state index in [1.165, 1.54) is 0 Å². The van der Waals surface area contributed by atoms with Gasteiger partial charge in [-0.05, 0) is 61.0 Å². The minimum absolute atomic E-state index is 0.420. The van der Waals surface area contributed by atoms with Crippen molar-refractivity contribution in [1.82, 2.24) is 18.3 Å². The van der Waals surface area contributed by atoms with Crippen molar-refractivity contribution in [2.24, 2.45) is 0 Å². The van der Waals surface area contributed by atoms with Gasteiger partial charge in [0.25, 0.3) is 0 Å². The summed E-state index contributed by atoms with van der Waals surface area (Å²) in [6.07, 6.45) is 5.78. The van der Waals surface area contributed by atoms with E-state index in [1.807, 2.05) is 48.5 Å². The van der Waals surface area contributed by atoms with Gasteiger partial charge in [0.2, 0.25) is 0 Å². The van der Waals surface area contributed by atoms with Crippen molar-refractivity contribution in [2.45, 2.75) is 6.92 Å². The average Bonchev–Trinajstić information content (AvgIpc) is 4.05. The van der Waals surface area contributed by atoms with Gasteiger partial charge >= 0.3 is 0 Å². The number of nitrogens with zero attached hydrogens (tertiary/aromatic N) is 6. The Balaban J connectivity index is 1.45. The monoisotopic (exact) mass is 804 g/mol. The summed E-state index contributed by atoms with van der Waals surface area (Å²) in [5, 5.41) is 31.9. The molecule has 0 fully saturated rings. The van der Waals surface area contributed by atoms with Gasteiger partial charge < -0.3 is 18.3 Å². The van der Waals surface area contributed by atoms with Crippen LogP contribution >= 0.6 is 0 Å². The Morgan fingerprint density at radius 2 is 0.635 bits per heavy atom. The second-order valence-corrected chi connectivity index (χ2v) is 15.9. The fraction of sp³-hybridized carbons (Fsp3) is 0.0175. The molecule has 8 aromatic carbocycles. The van der Waals surface area contributed by atoms with Crippen LogP contribution in [-0.4, -0.2) is 18.3 Å². The highest BCUT2D eigenvalue weighted by Gasteiger charge is 2.34. The number of fused-ring (bicyclic) bond motifs is 10. The summed E-state index contributed by atoms with van der Waals surface area (Å²) in [7, 11) is 0. The quantitative estimate of drug-likeness (QED) is 0.157. The molecule has 0 saturated carbocycles. The van der Waals surface area contributed by atoms with Gasteiger partial charge in [0, 0.05) is 43.4 Å². The van der Waals surface area contributed by atoms with Crippen molar-refractivity contribution in [2.75, 3.05) is 0 Å². The molecule has 0 atom stereocenters. The molecule has 0 radical (unpaired) electrons. The van der Waals surface area contributed by atoms with E-state index in [1.54, 1.807) is 6.08 Å². The highest BCUT2D eigenvalue weighted by molar-refractivity contribution is 6.14. The molecule has 0 unspecified atom stereocenters. The fourth-order valence-corrected chi connectivity index (χ4v) is 10.3. The molecule has 6 nitrogen and oxygen atoms in total. The average molecular weight is 805 g/mol. The summed E-state index contributed by atoms with van der Waals surface area (Å²) in [6, 6.07) is 64.2. The third-order valence-electron chi connectivity index (χ3n) is 12.8. The lowest BCUT2D eigenvalue weighted by Crippen LogP contribution is -2.17. The first-order chi connectivity index (χ1) is 31.1. The maximum absolute atomic E-state index is 12.3. The summed E-state index contributed by atoms with van der Waals surface area (Å²) in [5.41, 5.74) is 11.7. The maximum atomic E-state index is 12.3. The number of aromatic nitrogens is 4. The summed E-state index contributed by atoms with van der Waals surface area (Å²) < 4.78 is 8.87. The molecule has 4 aromatic heterocycles. The van der Waals surface area contributed by atoms with Gasteiger partial charge in [0.1, 0.15) is 23.3 Å². The van der Waals surface area contributed by atoms with E-state index >= 15 is 0 Å². The van der Waals surface area contributed by atoms with E-state index in [-0.39, 0.29) is 0 Å². The number of benzene rings is 8. The molecule has 0 bridgehead atoms. The molecule has 0 aliphatic rings. The number of nitriles is 2. The van der Waals surface area contributed by atoms with Crippen LogP contribution in [0.2, 0.25) is 0 Å².